The molecule has 0 saturated carbocycles. The van der Waals surface area contributed by atoms with E-state index in [9.17, 15) is 28.8 Å². The van der Waals surface area contributed by atoms with Gasteiger partial charge in [0, 0.05) is 82.5 Å². The van der Waals surface area contributed by atoms with Crippen LogP contribution in [-0.4, -0.2) is 114 Å². The third kappa shape index (κ3) is 11.0. The standard InChI is InChI=1S/C35H40ClN7O11/c1-18(44)50-17-28(51-19(2)45)30(52-20(3)46)31(53-21(4)47)32(54-22(5)48)33(49)43-13-11-42(12-14-43)25-8-6-7-23(15-25)29-26-16-24(36)9-10-27(26)39-35(40-29)41-34(37)38/h6-10,15-16,28,30-32H,11-14,17H2,1-5H3,(H4,37,38,39,40,41). The van der Waals surface area contributed by atoms with Crippen molar-refractivity contribution in [1.29, 1.82) is 0 Å². The highest BCUT2D eigenvalue weighted by Crippen LogP contribution is 2.32. The van der Waals surface area contributed by atoms with Gasteiger partial charge in [-0.2, -0.15) is 4.99 Å². The smallest absolute Gasteiger partial charge is 0.303 e. The molecule has 4 atom stereocenters. The van der Waals surface area contributed by atoms with E-state index in [2.05, 4.69) is 15.0 Å². The quantitative estimate of drug-likeness (QED) is 0.109. The molecule has 2 aromatic carbocycles. The van der Waals surface area contributed by atoms with E-state index >= 15 is 0 Å². The van der Waals surface area contributed by atoms with Crippen LogP contribution in [0.2, 0.25) is 5.02 Å². The van der Waals surface area contributed by atoms with Crippen molar-refractivity contribution in [2.24, 2.45) is 16.5 Å². The summed E-state index contributed by atoms with van der Waals surface area (Å²) in [6, 6.07) is 12.6. The van der Waals surface area contributed by atoms with E-state index in [1.807, 2.05) is 29.2 Å². The van der Waals surface area contributed by atoms with Crippen molar-refractivity contribution in [2.75, 3.05) is 37.7 Å². The number of nitrogens with two attached hydrogens (primary N) is 2. The number of guanidine groups is 1. The molecule has 2 heterocycles. The van der Waals surface area contributed by atoms with Gasteiger partial charge in [-0.15, -0.1) is 0 Å². The molecule has 4 N–H and O–H groups in total. The van der Waals surface area contributed by atoms with Crippen molar-refractivity contribution in [2.45, 2.75) is 59.0 Å². The van der Waals surface area contributed by atoms with Gasteiger partial charge in [-0.25, -0.2) is 9.97 Å². The van der Waals surface area contributed by atoms with E-state index in [-0.39, 0.29) is 25.0 Å². The fourth-order valence-electron chi connectivity index (χ4n) is 5.77. The zero-order valence-corrected chi connectivity index (χ0v) is 30.9. The second-order valence-electron chi connectivity index (χ2n) is 12.1. The van der Waals surface area contributed by atoms with Crippen LogP contribution in [-0.2, 0) is 52.5 Å². The number of aliphatic imine (C=N–C) groups is 1. The molecule has 3 aromatic rings. The lowest BCUT2D eigenvalue weighted by molar-refractivity contribution is -0.205. The normalized spacial score (nSPS) is 14.9. The van der Waals surface area contributed by atoms with E-state index in [0.29, 0.717) is 40.3 Å². The van der Waals surface area contributed by atoms with Crippen LogP contribution in [0.5, 0.6) is 0 Å². The zero-order valence-electron chi connectivity index (χ0n) is 30.1. The van der Waals surface area contributed by atoms with Crippen molar-refractivity contribution in [3.8, 4) is 11.3 Å². The Kier molecular flexibility index (Phi) is 13.7. The summed E-state index contributed by atoms with van der Waals surface area (Å²) in [6.45, 7) is 5.44. The summed E-state index contributed by atoms with van der Waals surface area (Å²) >= 11 is 6.31. The van der Waals surface area contributed by atoms with Crippen molar-refractivity contribution < 1.29 is 52.5 Å². The van der Waals surface area contributed by atoms with Gasteiger partial charge in [0.15, 0.2) is 24.3 Å². The minimum absolute atomic E-state index is 0.0632. The van der Waals surface area contributed by atoms with Gasteiger partial charge in [-0.1, -0.05) is 23.7 Å². The lowest BCUT2D eigenvalue weighted by Gasteiger charge is -2.40. The molecule has 1 aliphatic heterocycles. The maximum atomic E-state index is 14.2. The van der Waals surface area contributed by atoms with Gasteiger partial charge in [-0.3, -0.25) is 28.8 Å². The number of anilines is 1. The first kappa shape index (κ1) is 40.7. The highest BCUT2D eigenvalue weighted by Gasteiger charge is 2.48. The molecular formula is C35H40ClN7O11. The number of fused-ring (bicyclic) bond motifs is 1. The lowest BCUT2D eigenvalue weighted by Crippen LogP contribution is -2.59. The van der Waals surface area contributed by atoms with Crippen LogP contribution in [0.1, 0.15) is 34.6 Å². The van der Waals surface area contributed by atoms with Crippen LogP contribution in [0, 0.1) is 0 Å². The third-order valence-electron chi connectivity index (χ3n) is 7.85. The number of ether oxygens (including phenoxy) is 5. The first-order valence-corrected chi connectivity index (χ1v) is 16.9. The number of aromatic nitrogens is 2. The number of esters is 5. The Morgan fingerprint density at radius 3 is 2.00 bits per heavy atom. The SMILES string of the molecule is CC(=O)OCC(OC(C)=O)C(OC(C)=O)C(OC(C)=O)C(OC(C)=O)C(=O)N1CCN(c2cccc(-c3nc(N=C(N)N)nc4ccc(Cl)cc34)c2)CC1. The molecule has 1 amide bonds. The summed E-state index contributed by atoms with van der Waals surface area (Å²) in [4.78, 5) is 91.2. The van der Waals surface area contributed by atoms with Gasteiger partial charge in [-0.05, 0) is 30.3 Å². The first-order valence-electron chi connectivity index (χ1n) is 16.6. The van der Waals surface area contributed by atoms with Crippen LogP contribution in [0.4, 0.5) is 11.6 Å². The summed E-state index contributed by atoms with van der Waals surface area (Å²) in [5.74, 6) is -5.35. The molecule has 1 aliphatic rings. The average Bonchev–Trinajstić information content (AvgIpc) is 3.09. The highest BCUT2D eigenvalue weighted by molar-refractivity contribution is 6.31. The maximum Gasteiger partial charge on any atom is 0.303 e. The minimum Gasteiger partial charge on any atom is -0.462 e. The summed E-state index contributed by atoms with van der Waals surface area (Å²) in [5, 5.41) is 1.15. The summed E-state index contributed by atoms with van der Waals surface area (Å²) in [5.41, 5.74) is 13.8. The minimum atomic E-state index is -1.86. The second-order valence-corrected chi connectivity index (χ2v) is 12.5. The molecular weight excluding hydrogens is 730 g/mol. The van der Waals surface area contributed by atoms with Gasteiger partial charge < -0.3 is 45.0 Å². The number of carbonyl (C=O) groups excluding carboxylic acids is 6. The molecule has 4 rings (SSSR count). The number of nitrogens with zero attached hydrogens (tertiary/aromatic N) is 5. The monoisotopic (exact) mass is 769 g/mol. The molecule has 1 aromatic heterocycles. The van der Waals surface area contributed by atoms with Crippen LogP contribution in [0.15, 0.2) is 47.5 Å². The molecule has 1 fully saturated rings. The Hall–Kier alpha value is -6.04. The predicted molar refractivity (Wildman–Crippen MR) is 193 cm³/mol. The number of hydrogen-bond donors (Lipinski definition) is 2. The number of piperazine rings is 1. The number of rotatable bonds is 13. The van der Waals surface area contributed by atoms with Crippen LogP contribution in [0.25, 0.3) is 22.2 Å². The van der Waals surface area contributed by atoms with Gasteiger partial charge in [0.05, 0.1) is 11.2 Å². The molecule has 0 aliphatic carbocycles. The molecule has 4 unspecified atom stereocenters. The lowest BCUT2D eigenvalue weighted by atomic mass is 10.0. The molecule has 0 spiro atoms. The van der Waals surface area contributed by atoms with Crippen LogP contribution in [0.3, 0.4) is 0 Å². The Bertz CT molecular complexity index is 1950. The fraction of sp³-hybridized carbons (Fsp3) is 0.400. The topological polar surface area (TPSA) is 245 Å². The van der Waals surface area contributed by atoms with Gasteiger partial charge >= 0.3 is 29.8 Å². The Labute approximate surface area is 314 Å². The fourth-order valence-corrected chi connectivity index (χ4v) is 5.95. The molecule has 288 valence electrons. The summed E-state index contributed by atoms with van der Waals surface area (Å²) in [7, 11) is 0. The molecule has 0 radical (unpaired) electrons. The van der Waals surface area contributed by atoms with Crippen molar-refractivity contribution in [1.82, 2.24) is 14.9 Å². The predicted octanol–water partition coefficient (Wildman–Crippen LogP) is 1.79. The Morgan fingerprint density at radius 1 is 0.778 bits per heavy atom. The molecule has 1 saturated heterocycles. The van der Waals surface area contributed by atoms with Gasteiger partial charge in [0.1, 0.15) is 6.61 Å². The van der Waals surface area contributed by atoms with Crippen molar-refractivity contribution in [3.05, 3.63) is 47.5 Å². The van der Waals surface area contributed by atoms with E-state index in [0.717, 1.165) is 40.3 Å². The average molecular weight is 770 g/mol. The number of amides is 1. The van der Waals surface area contributed by atoms with Gasteiger partial charge in [0.25, 0.3) is 11.9 Å². The van der Waals surface area contributed by atoms with Gasteiger partial charge in [0.2, 0.25) is 6.10 Å². The Balaban J connectivity index is 1.63. The molecule has 0 bridgehead atoms. The zero-order chi connectivity index (χ0) is 39.7. The van der Waals surface area contributed by atoms with Crippen LogP contribution >= 0.6 is 11.6 Å². The molecule has 18 nitrogen and oxygen atoms in total. The van der Waals surface area contributed by atoms with E-state index in [1.54, 1.807) is 18.2 Å². The number of hydrogen-bond acceptors (Lipinski definition) is 15. The van der Waals surface area contributed by atoms with Crippen molar-refractivity contribution in [3.63, 3.8) is 0 Å². The van der Waals surface area contributed by atoms with E-state index < -0.39 is 66.8 Å². The maximum absolute atomic E-state index is 14.2. The molecule has 19 heteroatoms. The first-order chi connectivity index (χ1) is 25.5. The van der Waals surface area contributed by atoms with Crippen molar-refractivity contribution >= 4 is 75.9 Å². The second kappa shape index (κ2) is 18.1. The van der Waals surface area contributed by atoms with E-state index in [4.69, 9.17) is 46.8 Å². The summed E-state index contributed by atoms with van der Waals surface area (Å²) < 4.78 is 26.6. The number of halogens is 1. The third-order valence-corrected chi connectivity index (χ3v) is 8.08. The molecule has 54 heavy (non-hydrogen) atoms. The highest BCUT2D eigenvalue weighted by atomic mass is 35.5. The van der Waals surface area contributed by atoms with E-state index in [1.165, 1.54) is 4.90 Å². The number of carbonyl (C=O) groups is 6. The Morgan fingerprint density at radius 2 is 1.41 bits per heavy atom. The van der Waals surface area contributed by atoms with Crippen LogP contribution < -0.4 is 16.4 Å². The summed E-state index contributed by atoms with van der Waals surface area (Å²) in [6.07, 6.45) is -6.99. The number of benzene rings is 2. The largest absolute Gasteiger partial charge is 0.462 e.